The molecule has 5 aromatic rings. The summed E-state index contributed by atoms with van der Waals surface area (Å²) < 4.78 is 2.75. The predicted molar refractivity (Wildman–Crippen MR) is 137 cm³/mol. The number of likely N-dealkylation sites (N-methyl/N-ethyl adjacent to an activating group) is 1. The number of hydrogen-bond acceptors (Lipinski definition) is 5. The Morgan fingerprint density at radius 2 is 1.94 bits per heavy atom. The summed E-state index contributed by atoms with van der Waals surface area (Å²) in [4.78, 5) is 40.0. The van der Waals surface area contributed by atoms with Crippen molar-refractivity contribution >= 4 is 28.0 Å². The number of aromatic amines is 1. The van der Waals surface area contributed by atoms with Crippen molar-refractivity contribution in [2.75, 3.05) is 13.6 Å². The van der Waals surface area contributed by atoms with E-state index >= 15 is 0 Å². The van der Waals surface area contributed by atoms with Gasteiger partial charge in [0.05, 0.1) is 22.8 Å². The molecule has 3 aromatic heterocycles. The molecule has 1 N–H and O–H groups in total. The zero-order valence-corrected chi connectivity index (χ0v) is 20.2. The fourth-order valence-corrected chi connectivity index (χ4v) is 5.32. The van der Waals surface area contributed by atoms with E-state index in [9.17, 15) is 9.59 Å². The Morgan fingerprint density at radius 3 is 2.74 bits per heavy atom. The van der Waals surface area contributed by atoms with Crippen LogP contribution in [-0.2, 0) is 20.0 Å². The summed E-state index contributed by atoms with van der Waals surface area (Å²) in [6, 6.07) is 9.97. The van der Waals surface area contributed by atoms with Crippen LogP contribution in [-0.4, -0.2) is 48.7 Å². The highest BCUT2D eigenvalue weighted by Gasteiger charge is 2.19. The minimum Gasteiger partial charge on any atom is -0.344 e. The van der Waals surface area contributed by atoms with Crippen LogP contribution in [0.3, 0.4) is 0 Å². The largest absolute Gasteiger partial charge is 0.344 e. The molecule has 8 nitrogen and oxygen atoms in total. The van der Waals surface area contributed by atoms with Crippen molar-refractivity contribution in [1.82, 2.24) is 29.2 Å². The topological polar surface area (TPSA) is 88.8 Å². The lowest BCUT2D eigenvalue weighted by atomic mass is 9.92. The Morgan fingerprint density at radius 1 is 1.11 bits per heavy atom. The molecule has 1 aliphatic heterocycles. The Hall–Kier alpha value is -4.04. The Labute approximate surface area is 201 Å². The molecule has 4 heterocycles. The molecule has 0 atom stereocenters. The number of nitrogens with one attached hydrogen (secondary N) is 1. The molecule has 0 amide bonds. The molecule has 0 saturated heterocycles. The van der Waals surface area contributed by atoms with Crippen LogP contribution in [0.15, 0.2) is 47.5 Å². The van der Waals surface area contributed by atoms with Gasteiger partial charge in [0.25, 0.3) is 5.56 Å². The molecule has 0 spiro atoms. The number of H-pyrrole nitrogens is 1. The molecule has 1 aliphatic rings. The first-order chi connectivity index (χ1) is 16.8. The highest BCUT2D eigenvalue weighted by atomic mass is 16.2. The molecule has 0 fully saturated rings. The van der Waals surface area contributed by atoms with Crippen LogP contribution in [0.4, 0.5) is 0 Å². The van der Waals surface area contributed by atoms with E-state index < -0.39 is 0 Å². The van der Waals surface area contributed by atoms with Gasteiger partial charge in [-0.2, -0.15) is 0 Å². The number of carbonyl (C=O) groups is 1. The van der Waals surface area contributed by atoms with Gasteiger partial charge in [0.15, 0.2) is 5.65 Å². The number of benzene rings is 2. The zero-order valence-electron chi connectivity index (χ0n) is 20.2. The predicted octanol–water partition coefficient (Wildman–Crippen LogP) is 3.90. The number of carbonyl (C=O) groups excluding carboxylic acids is 1. The van der Waals surface area contributed by atoms with Crippen molar-refractivity contribution < 1.29 is 4.79 Å². The number of nitrogens with zero attached hydrogens (tertiary/aromatic N) is 5. The van der Waals surface area contributed by atoms with Crippen molar-refractivity contribution in [2.45, 2.75) is 26.8 Å². The minimum absolute atomic E-state index is 0.198. The van der Waals surface area contributed by atoms with Gasteiger partial charge in [-0.3, -0.25) is 9.59 Å². The molecule has 2 aromatic carbocycles. The second kappa shape index (κ2) is 7.74. The van der Waals surface area contributed by atoms with Gasteiger partial charge in [-0.1, -0.05) is 6.07 Å². The first kappa shape index (κ1) is 21.5. The van der Waals surface area contributed by atoms with Crippen molar-refractivity contribution in [2.24, 2.45) is 7.05 Å². The molecular weight excluding hydrogens is 440 g/mol. The molecule has 6 rings (SSSR count). The van der Waals surface area contributed by atoms with Gasteiger partial charge < -0.3 is 9.88 Å². The zero-order chi connectivity index (χ0) is 24.4. The van der Waals surface area contributed by atoms with E-state index in [2.05, 4.69) is 41.0 Å². The molecule has 0 unspecified atom stereocenters. The van der Waals surface area contributed by atoms with Gasteiger partial charge in [-0.25, -0.2) is 19.3 Å². The van der Waals surface area contributed by atoms with E-state index in [-0.39, 0.29) is 11.5 Å². The van der Waals surface area contributed by atoms with Gasteiger partial charge in [0.2, 0.25) is 5.91 Å². The highest BCUT2D eigenvalue weighted by Crippen LogP contribution is 2.32. The summed E-state index contributed by atoms with van der Waals surface area (Å²) in [6.07, 6.45) is 4.75. The van der Waals surface area contributed by atoms with Crippen molar-refractivity contribution in [3.8, 4) is 22.4 Å². The molecule has 8 heteroatoms. The summed E-state index contributed by atoms with van der Waals surface area (Å²) >= 11 is 0. The third kappa shape index (κ3) is 3.32. The minimum atomic E-state index is -0.217. The van der Waals surface area contributed by atoms with Gasteiger partial charge in [0.1, 0.15) is 5.52 Å². The van der Waals surface area contributed by atoms with Crippen LogP contribution < -0.4 is 5.56 Å². The SMILES string of the molecule is CC(=O)n1c2cc(-c3c[nH]c4ncc(-c5cc(C)c6c(c5)CN(C)CC6)nc34)ccc2c(=O)n1C. The molecular formula is C27H26N6O2. The maximum Gasteiger partial charge on any atom is 0.274 e. The van der Waals surface area contributed by atoms with E-state index in [0.29, 0.717) is 16.6 Å². The lowest BCUT2D eigenvalue weighted by Gasteiger charge is -2.27. The summed E-state index contributed by atoms with van der Waals surface area (Å²) in [5.74, 6) is -0.217. The van der Waals surface area contributed by atoms with Crippen LogP contribution >= 0.6 is 0 Å². The quantitative estimate of drug-likeness (QED) is 0.426. The monoisotopic (exact) mass is 466 g/mol. The third-order valence-corrected chi connectivity index (χ3v) is 7.09. The number of rotatable bonds is 2. The van der Waals surface area contributed by atoms with E-state index in [0.717, 1.165) is 47.4 Å². The van der Waals surface area contributed by atoms with Crippen LogP contribution in [0.1, 0.15) is 28.4 Å². The first-order valence-electron chi connectivity index (χ1n) is 11.7. The van der Waals surface area contributed by atoms with Crippen molar-refractivity contribution in [3.63, 3.8) is 0 Å². The van der Waals surface area contributed by atoms with Crippen LogP contribution in [0.5, 0.6) is 0 Å². The van der Waals surface area contributed by atoms with Crippen LogP contribution in [0.25, 0.3) is 44.5 Å². The molecule has 35 heavy (non-hydrogen) atoms. The Balaban J connectivity index is 1.50. The third-order valence-electron chi connectivity index (χ3n) is 7.09. The smallest absolute Gasteiger partial charge is 0.274 e. The Bertz CT molecular complexity index is 1720. The summed E-state index contributed by atoms with van der Waals surface area (Å²) in [5, 5.41) is 0.507. The van der Waals surface area contributed by atoms with Crippen LogP contribution in [0, 0.1) is 6.92 Å². The average Bonchev–Trinajstić information content (AvgIpc) is 3.36. The number of hydrogen-bond donors (Lipinski definition) is 1. The number of aryl methyl sites for hydroxylation is 1. The lowest BCUT2D eigenvalue weighted by molar-refractivity contribution is 0.0912. The second-order valence-electron chi connectivity index (χ2n) is 9.46. The van der Waals surface area contributed by atoms with E-state index in [1.54, 1.807) is 13.1 Å². The molecule has 0 saturated carbocycles. The van der Waals surface area contributed by atoms with E-state index in [1.807, 2.05) is 24.5 Å². The fraction of sp³-hybridized carbons (Fsp3) is 0.259. The first-order valence-corrected chi connectivity index (χ1v) is 11.7. The summed E-state index contributed by atoms with van der Waals surface area (Å²) in [7, 11) is 3.75. The molecule has 176 valence electrons. The van der Waals surface area contributed by atoms with Gasteiger partial charge in [-0.05, 0) is 66.9 Å². The highest BCUT2D eigenvalue weighted by molar-refractivity contribution is 5.97. The van der Waals surface area contributed by atoms with Crippen molar-refractivity contribution in [3.05, 3.63) is 69.8 Å². The summed E-state index contributed by atoms with van der Waals surface area (Å²) in [6.45, 7) is 5.64. The molecule has 0 radical (unpaired) electrons. The molecule has 0 bridgehead atoms. The van der Waals surface area contributed by atoms with Crippen LogP contribution in [0.2, 0.25) is 0 Å². The standard InChI is InChI=1S/C27H26N6O2/c1-15-9-18(10-19-14-31(3)8-7-20(15)19)23-13-29-26-25(30-23)22(12-28-26)17-5-6-21-24(11-17)33(16(2)34)32(4)27(21)35/h5-6,9-13H,7-8,14H2,1-4H3,(H,28,29). The van der Waals surface area contributed by atoms with Gasteiger partial charge in [0, 0.05) is 44.4 Å². The van der Waals surface area contributed by atoms with Gasteiger partial charge in [-0.15, -0.1) is 0 Å². The maximum atomic E-state index is 12.6. The normalized spacial score (nSPS) is 14.1. The maximum absolute atomic E-state index is 12.6. The average molecular weight is 467 g/mol. The fourth-order valence-electron chi connectivity index (χ4n) is 5.32. The lowest BCUT2D eigenvalue weighted by Crippen LogP contribution is -2.27. The second-order valence-corrected chi connectivity index (χ2v) is 9.46. The van der Waals surface area contributed by atoms with Gasteiger partial charge >= 0.3 is 0 Å². The molecule has 0 aliphatic carbocycles. The Kier molecular flexibility index (Phi) is 4.76. The van der Waals surface area contributed by atoms with Crippen molar-refractivity contribution in [1.29, 1.82) is 0 Å². The number of aromatic nitrogens is 5. The summed E-state index contributed by atoms with van der Waals surface area (Å²) in [5.41, 5.74) is 9.51. The van der Waals surface area contributed by atoms with E-state index in [4.69, 9.17) is 4.98 Å². The van der Waals surface area contributed by atoms with E-state index in [1.165, 1.54) is 33.0 Å². The number of fused-ring (bicyclic) bond motifs is 3.